The van der Waals surface area contributed by atoms with E-state index in [2.05, 4.69) is 26.8 Å². The standard InChI is InChI=1S/C21H27FO4/c1-8-12(18(22)19(23)24)13-9-14-15(20(2,3)4)11-21(5,6)26-17(14)10-16(13)25-7/h9-11H,8H2,1-7H3,(H,23,24)/b18-12+. The SMILES string of the molecule is CC/C(=C(\F)C(=O)O)c1cc2c(cc1OC)OC(C)(C)C=C2C(C)(C)C. The Morgan fingerprint density at radius 3 is 2.38 bits per heavy atom. The summed E-state index contributed by atoms with van der Waals surface area (Å²) in [5.41, 5.74) is 1.79. The number of fused-ring (bicyclic) bond motifs is 1. The number of rotatable bonds is 4. The third-order valence-corrected chi connectivity index (χ3v) is 4.40. The molecule has 26 heavy (non-hydrogen) atoms. The van der Waals surface area contributed by atoms with E-state index in [1.807, 2.05) is 13.8 Å². The number of ether oxygens (including phenoxy) is 2. The molecule has 1 aromatic carbocycles. The lowest BCUT2D eigenvalue weighted by Crippen LogP contribution is -2.31. The number of carbonyl (C=O) groups is 1. The summed E-state index contributed by atoms with van der Waals surface area (Å²) in [5, 5.41) is 9.09. The molecule has 0 aliphatic carbocycles. The Hall–Kier alpha value is -2.30. The van der Waals surface area contributed by atoms with Crippen molar-refractivity contribution in [3.63, 3.8) is 0 Å². The van der Waals surface area contributed by atoms with Crippen LogP contribution in [0.4, 0.5) is 4.39 Å². The third kappa shape index (κ3) is 3.76. The molecule has 2 rings (SSSR count). The second-order valence-corrected chi connectivity index (χ2v) is 8.01. The van der Waals surface area contributed by atoms with Crippen LogP contribution in [-0.2, 0) is 4.79 Å². The predicted molar refractivity (Wildman–Crippen MR) is 101 cm³/mol. The highest BCUT2D eigenvalue weighted by molar-refractivity contribution is 5.95. The van der Waals surface area contributed by atoms with Gasteiger partial charge in [0, 0.05) is 22.8 Å². The van der Waals surface area contributed by atoms with Gasteiger partial charge in [-0.2, -0.15) is 4.39 Å². The summed E-state index contributed by atoms with van der Waals surface area (Å²) in [6.07, 6.45) is 2.29. The van der Waals surface area contributed by atoms with Crippen molar-refractivity contribution in [2.45, 2.75) is 53.6 Å². The van der Waals surface area contributed by atoms with E-state index in [0.29, 0.717) is 17.1 Å². The summed E-state index contributed by atoms with van der Waals surface area (Å²) in [6.45, 7) is 12.0. The quantitative estimate of drug-likeness (QED) is 0.722. The van der Waals surface area contributed by atoms with Crippen LogP contribution in [0.3, 0.4) is 0 Å². The van der Waals surface area contributed by atoms with Crippen LogP contribution in [0.1, 0.15) is 59.1 Å². The van der Waals surface area contributed by atoms with Crippen molar-refractivity contribution in [1.82, 2.24) is 0 Å². The summed E-state index contributed by atoms with van der Waals surface area (Å²) < 4.78 is 25.8. The molecule has 0 radical (unpaired) electrons. The van der Waals surface area contributed by atoms with Crippen LogP contribution >= 0.6 is 0 Å². The van der Waals surface area contributed by atoms with Crippen LogP contribution in [-0.4, -0.2) is 23.8 Å². The zero-order valence-electron chi connectivity index (χ0n) is 16.5. The summed E-state index contributed by atoms with van der Waals surface area (Å²) >= 11 is 0. The average molecular weight is 362 g/mol. The van der Waals surface area contributed by atoms with Gasteiger partial charge in [-0.3, -0.25) is 0 Å². The molecule has 142 valence electrons. The fourth-order valence-electron chi connectivity index (χ4n) is 3.21. The summed E-state index contributed by atoms with van der Waals surface area (Å²) in [5.74, 6) is -1.70. The van der Waals surface area contributed by atoms with Gasteiger partial charge in [0.25, 0.3) is 0 Å². The molecule has 4 nitrogen and oxygen atoms in total. The number of benzene rings is 1. The van der Waals surface area contributed by atoms with Crippen molar-refractivity contribution in [1.29, 1.82) is 0 Å². The Morgan fingerprint density at radius 1 is 1.31 bits per heavy atom. The predicted octanol–water partition coefficient (Wildman–Crippen LogP) is 5.47. The lowest BCUT2D eigenvalue weighted by molar-refractivity contribution is -0.134. The van der Waals surface area contributed by atoms with Gasteiger partial charge in [0.1, 0.15) is 17.1 Å². The fraction of sp³-hybridized carbons (Fsp3) is 0.476. The Morgan fingerprint density at radius 2 is 1.92 bits per heavy atom. The largest absolute Gasteiger partial charge is 0.496 e. The van der Waals surface area contributed by atoms with Gasteiger partial charge in [0.05, 0.1) is 7.11 Å². The molecular formula is C21H27FO4. The van der Waals surface area contributed by atoms with Gasteiger partial charge >= 0.3 is 5.97 Å². The highest BCUT2D eigenvalue weighted by Gasteiger charge is 2.33. The topological polar surface area (TPSA) is 55.8 Å². The van der Waals surface area contributed by atoms with E-state index in [9.17, 15) is 9.18 Å². The van der Waals surface area contributed by atoms with Gasteiger partial charge in [-0.1, -0.05) is 27.7 Å². The zero-order valence-corrected chi connectivity index (χ0v) is 16.5. The van der Waals surface area contributed by atoms with Gasteiger partial charge in [0.2, 0.25) is 5.83 Å². The second kappa shape index (κ2) is 6.78. The number of allylic oxidation sites excluding steroid dienone is 2. The number of halogens is 1. The first-order valence-electron chi connectivity index (χ1n) is 8.68. The minimum atomic E-state index is -1.58. The maximum Gasteiger partial charge on any atom is 0.365 e. The summed E-state index contributed by atoms with van der Waals surface area (Å²) in [6, 6.07) is 3.50. The Bertz CT molecular complexity index is 795. The minimum absolute atomic E-state index is 0.107. The first-order valence-corrected chi connectivity index (χ1v) is 8.68. The van der Waals surface area contributed by atoms with Gasteiger partial charge in [-0.05, 0) is 43.4 Å². The number of carboxylic acid groups (broad SMARTS) is 1. The van der Waals surface area contributed by atoms with Crippen LogP contribution < -0.4 is 9.47 Å². The molecule has 0 aromatic heterocycles. The molecule has 0 unspecified atom stereocenters. The number of hydrogen-bond donors (Lipinski definition) is 1. The van der Waals surface area contributed by atoms with Crippen molar-refractivity contribution in [2.75, 3.05) is 7.11 Å². The lowest BCUT2D eigenvalue weighted by Gasteiger charge is -2.36. The van der Waals surface area contributed by atoms with Crippen LogP contribution in [0.5, 0.6) is 11.5 Å². The van der Waals surface area contributed by atoms with Gasteiger partial charge in [0.15, 0.2) is 0 Å². The van der Waals surface area contributed by atoms with Crippen LogP contribution in [0.25, 0.3) is 11.1 Å². The molecule has 0 saturated carbocycles. The summed E-state index contributed by atoms with van der Waals surface area (Å²) in [4.78, 5) is 11.2. The zero-order chi connectivity index (χ0) is 19.9. The molecule has 5 heteroatoms. The summed E-state index contributed by atoms with van der Waals surface area (Å²) in [7, 11) is 1.48. The number of carboxylic acids is 1. The molecule has 0 atom stereocenters. The van der Waals surface area contributed by atoms with E-state index in [1.165, 1.54) is 7.11 Å². The smallest absolute Gasteiger partial charge is 0.365 e. The van der Waals surface area contributed by atoms with E-state index in [4.69, 9.17) is 14.6 Å². The molecule has 1 aliphatic rings. The van der Waals surface area contributed by atoms with E-state index in [1.54, 1.807) is 19.1 Å². The first-order chi connectivity index (χ1) is 11.9. The van der Waals surface area contributed by atoms with Gasteiger partial charge in [-0.15, -0.1) is 0 Å². The Kier molecular flexibility index (Phi) is 5.22. The third-order valence-electron chi connectivity index (χ3n) is 4.40. The molecular weight excluding hydrogens is 335 g/mol. The van der Waals surface area contributed by atoms with Gasteiger partial charge in [-0.25, -0.2) is 4.79 Å². The molecule has 0 bridgehead atoms. The van der Waals surface area contributed by atoms with Gasteiger partial charge < -0.3 is 14.6 Å². The number of hydrogen-bond acceptors (Lipinski definition) is 3. The average Bonchev–Trinajstić information content (AvgIpc) is 2.52. The number of aliphatic carboxylic acids is 1. The maximum absolute atomic E-state index is 14.3. The highest BCUT2D eigenvalue weighted by atomic mass is 19.1. The van der Waals surface area contributed by atoms with Crippen molar-refractivity contribution < 1.29 is 23.8 Å². The monoisotopic (exact) mass is 362 g/mol. The normalized spacial score (nSPS) is 16.8. The molecule has 1 aliphatic heterocycles. The van der Waals surface area contributed by atoms with Crippen molar-refractivity contribution >= 4 is 17.1 Å². The molecule has 0 spiro atoms. The minimum Gasteiger partial charge on any atom is -0.496 e. The molecule has 0 amide bonds. The highest BCUT2D eigenvalue weighted by Crippen LogP contribution is 2.48. The molecule has 0 saturated heterocycles. The van der Waals surface area contributed by atoms with Crippen molar-refractivity contribution in [3.05, 3.63) is 35.2 Å². The van der Waals surface area contributed by atoms with E-state index < -0.39 is 17.4 Å². The van der Waals surface area contributed by atoms with Crippen LogP contribution in [0, 0.1) is 5.41 Å². The number of methoxy groups -OCH3 is 1. The van der Waals surface area contributed by atoms with Crippen molar-refractivity contribution in [3.8, 4) is 11.5 Å². The molecule has 1 aromatic rings. The van der Waals surface area contributed by atoms with Crippen LogP contribution in [0.2, 0.25) is 0 Å². The maximum atomic E-state index is 14.3. The fourth-order valence-corrected chi connectivity index (χ4v) is 3.21. The van der Waals surface area contributed by atoms with E-state index >= 15 is 0 Å². The molecule has 1 heterocycles. The molecule has 1 N–H and O–H groups in total. The Balaban J connectivity index is 2.81. The molecule has 0 fully saturated rings. The lowest BCUT2D eigenvalue weighted by atomic mass is 9.77. The first kappa shape index (κ1) is 20.0. The van der Waals surface area contributed by atoms with Crippen molar-refractivity contribution in [2.24, 2.45) is 5.41 Å². The Labute approximate surface area is 154 Å². The van der Waals surface area contributed by atoms with E-state index in [0.717, 1.165) is 11.1 Å². The van der Waals surface area contributed by atoms with E-state index in [-0.39, 0.29) is 17.4 Å². The van der Waals surface area contributed by atoms with Crippen LogP contribution in [0.15, 0.2) is 24.0 Å². The second-order valence-electron chi connectivity index (χ2n) is 8.01.